The average Bonchev–Trinajstić information content (AvgIpc) is 2.86. The van der Waals surface area contributed by atoms with Crippen molar-refractivity contribution in [3.05, 3.63) is 30.1 Å². The maximum Gasteiger partial charge on any atom is 0.126 e. The number of hydrogen-bond donors (Lipinski definition) is 0. The Hall–Kier alpha value is -0.570. The van der Waals surface area contributed by atoms with Gasteiger partial charge in [-0.2, -0.15) is 0 Å². The topological polar surface area (TPSA) is 9.23 Å². The van der Waals surface area contributed by atoms with Gasteiger partial charge in [0.05, 0.1) is 0 Å². The molecule has 1 aromatic rings. The summed E-state index contributed by atoms with van der Waals surface area (Å²) in [6.07, 6.45) is 2.10. The summed E-state index contributed by atoms with van der Waals surface area (Å²) in [6, 6.07) is 6.28. The van der Waals surface area contributed by atoms with Crippen LogP contribution in [0.1, 0.15) is 12.8 Å². The van der Waals surface area contributed by atoms with Crippen LogP contribution in [0.4, 0.5) is 4.39 Å². The predicted molar refractivity (Wildman–Crippen MR) is 52.8 cm³/mol. The Morgan fingerprint density at radius 2 is 2.23 bits per heavy atom. The highest BCUT2D eigenvalue weighted by Gasteiger charge is 2.44. The van der Waals surface area contributed by atoms with Crippen molar-refractivity contribution in [3.8, 4) is 5.75 Å². The van der Waals surface area contributed by atoms with Crippen LogP contribution in [0.15, 0.2) is 24.3 Å². The van der Waals surface area contributed by atoms with E-state index in [9.17, 15) is 4.39 Å². The van der Waals surface area contributed by atoms with Crippen LogP contribution in [-0.2, 0) is 0 Å². The molecule has 2 rings (SSSR count). The first-order chi connectivity index (χ1) is 6.24. The molecule has 1 aliphatic carbocycles. The maximum atomic E-state index is 12.8. The second kappa shape index (κ2) is 3.29. The van der Waals surface area contributed by atoms with Crippen LogP contribution in [0, 0.1) is 5.82 Å². The van der Waals surface area contributed by atoms with Crippen molar-refractivity contribution in [3.63, 3.8) is 0 Å². The molecule has 0 aliphatic heterocycles. The highest BCUT2D eigenvalue weighted by molar-refractivity contribution is 9.09. The lowest BCUT2D eigenvalue weighted by atomic mass is 10.3. The number of halogens is 2. The van der Waals surface area contributed by atoms with Gasteiger partial charge in [-0.15, -0.1) is 0 Å². The summed E-state index contributed by atoms with van der Waals surface area (Å²) in [5.74, 6) is 0.375. The van der Waals surface area contributed by atoms with Gasteiger partial charge < -0.3 is 4.74 Å². The summed E-state index contributed by atoms with van der Waals surface area (Å²) in [5, 5.41) is 0.816. The Kier molecular flexibility index (Phi) is 2.28. The Balaban J connectivity index is 2.09. The Bertz CT molecular complexity index is 310. The van der Waals surface area contributed by atoms with Crippen LogP contribution in [0.3, 0.4) is 0 Å². The van der Waals surface area contributed by atoms with E-state index in [1.807, 2.05) is 0 Å². The SMILES string of the molecule is Fc1cccc(OC2(CBr)CC2)c1. The molecule has 0 spiro atoms. The summed E-state index contributed by atoms with van der Waals surface area (Å²) in [5.41, 5.74) is -0.0617. The average molecular weight is 245 g/mol. The van der Waals surface area contributed by atoms with Gasteiger partial charge in [0.15, 0.2) is 0 Å². The van der Waals surface area contributed by atoms with Gasteiger partial charge in [-0.05, 0) is 25.0 Å². The second-order valence-corrected chi connectivity index (χ2v) is 3.94. The summed E-state index contributed by atoms with van der Waals surface area (Å²) < 4.78 is 18.4. The van der Waals surface area contributed by atoms with E-state index in [-0.39, 0.29) is 11.4 Å². The summed E-state index contributed by atoms with van der Waals surface area (Å²) in [6.45, 7) is 0. The van der Waals surface area contributed by atoms with Gasteiger partial charge in [0.2, 0.25) is 0 Å². The van der Waals surface area contributed by atoms with E-state index in [4.69, 9.17) is 4.74 Å². The molecule has 0 N–H and O–H groups in total. The van der Waals surface area contributed by atoms with Crippen LogP contribution < -0.4 is 4.74 Å². The van der Waals surface area contributed by atoms with Gasteiger partial charge in [0, 0.05) is 11.4 Å². The number of hydrogen-bond acceptors (Lipinski definition) is 1. The van der Waals surface area contributed by atoms with Crippen LogP contribution in [0.25, 0.3) is 0 Å². The molecule has 0 amide bonds. The molecule has 1 saturated carbocycles. The van der Waals surface area contributed by atoms with Gasteiger partial charge in [-0.1, -0.05) is 22.0 Å². The largest absolute Gasteiger partial charge is 0.486 e. The van der Waals surface area contributed by atoms with E-state index >= 15 is 0 Å². The highest BCUT2D eigenvalue weighted by Crippen LogP contribution is 2.41. The molecule has 1 nitrogen and oxygen atoms in total. The lowest BCUT2D eigenvalue weighted by Crippen LogP contribution is -2.19. The van der Waals surface area contributed by atoms with E-state index < -0.39 is 0 Å². The number of benzene rings is 1. The molecule has 0 saturated heterocycles. The molecule has 3 heteroatoms. The van der Waals surface area contributed by atoms with Crippen molar-refractivity contribution in [2.75, 3.05) is 5.33 Å². The predicted octanol–water partition coefficient (Wildman–Crippen LogP) is 3.13. The molecule has 70 valence electrons. The fourth-order valence-corrected chi connectivity index (χ4v) is 1.86. The van der Waals surface area contributed by atoms with Crippen LogP contribution in [0.5, 0.6) is 5.75 Å². The van der Waals surface area contributed by atoms with E-state index in [1.54, 1.807) is 12.1 Å². The number of alkyl halides is 1. The smallest absolute Gasteiger partial charge is 0.126 e. The fourth-order valence-electron chi connectivity index (χ4n) is 1.18. The quantitative estimate of drug-likeness (QED) is 0.743. The zero-order valence-corrected chi connectivity index (χ0v) is 8.68. The van der Waals surface area contributed by atoms with Crippen molar-refractivity contribution in [1.29, 1.82) is 0 Å². The Morgan fingerprint density at radius 3 is 2.77 bits per heavy atom. The Morgan fingerprint density at radius 1 is 1.46 bits per heavy atom. The van der Waals surface area contributed by atoms with E-state index in [0.29, 0.717) is 5.75 Å². The lowest BCUT2D eigenvalue weighted by molar-refractivity contribution is 0.206. The first-order valence-corrected chi connectivity index (χ1v) is 5.37. The second-order valence-electron chi connectivity index (χ2n) is 3.38. The summed E-state index contributed by atoms with van der Waals surface area (Å²) in [7, 11) is 0. The van der Waals surface area contributed by atoms with Gasteiger partial charge >= 0.3 is 0 Å². The first-order valence-electron chi connectivity index (χ1n) is 4.25. The molecule has 1 aromatic carbocycles. The van der Waals surface area contributed by atoms with E-state index in [2.05, 4.69) is 15.9 Å². The van der Waals surface area contributed by atoms with Crippen molar-refractivity contribution >= 4 is 15.9 Å². The minimum atomic E-state index is -0.247. The zero-order valence-electron chi connectivity index (χ0n) is 7.09. The molecule has 1 aliphatic rings. The molecule has 0 bridgehead atoms. The molecule has 0 unspecified atom stereocenters. The molecule has 0 heterocycles. The summed E-state index contributed by atoms with van der Waals surface area (Å²) >= 11 is 3.39. The third kappa shape index (κ3) is 2.02. The minimum absolute atomic E-state index is 0.0617. The Labute approximate surface area is 85.0 Å². The molecular formula is C10H10BrFO. The van der Waals surface area contributed by atoms with Gasteiger partial charge in [-0.3, -0.25) is 0 Å². The number of ether oxygens (including phenoxy) is 1. The lowest BCUT2D eigenvalue weighted by Gasteiger charge is -2.14. The molecule has 0 atom stereocenters. The van der Waals surface area contributed by atoms with E-state index in [1.165, 1.54) is 12.1 Å². The van der Waals surface area contributed by atoms with Crippen molar-refractivity contribution in [2.45, 2.75) is 18.4 Å². The normalized spacial score (nSPS) is 18.3. The first kappa shape index (κ1) is 9.00. The molecule has 13 heavy (non-hydrogen) atoms. The standard InChI is InChI=1S/C10H10BrFO/c11-7-10(4-5-10)13-9-3-1-2-8(12)6-9/h1-3,6H,4-5,7H2. The van der Waals surface area contributed by atoms with Crippen LogP contribution in [-0.4, -0.2) is 10.9 Å². The van der Waals surface area contributed by atoms with Crippen molar-refractivity contribution in [2.24, 2.45) is 0 Å². The van der Waals surface area contributed by atoms with Gasteiger partial charge in [0.1, 0.15) is 17.2 Å². The third-order valence-electron chi connectivity index (χ3n) is 2.18. The fraction of sp³-hybridized carbons (Fsp3) is 0.400. The minimum Gasteiger partial charge on any atom is -0.486 e. The monoisotopic (exact) mass is 244 g/mol. The molecule has 0 radical (unpaired) electrons. The van der Waals surface area contributed by atoms with Crippen molar-refractivity contribution in [1.82, 2.24) is 0 Å². The molecule has 1 fully saturated rings. The van der Waals surface area contributed by atoms with Gasteiger partial charge in [-0.25, -0.2) is 4.39 Å². The third-order valence-corrected chi connectivity index (χ3v) is 3.20. The van der Waals surface area contributed by atoms with Crippen LogP contribution >= 0.6 is 15.9 Å². The van der Waals surface area contributed by atoms with Crippen molar-refractivity contribution < 1.29 is 9.13 Å². The molecular weight excluding hydrogens is 235 g/mol. The summed E-state index contributed by atoms with van der Waals surface area (Å²) in [4.78, 5) is 0. The van der Waals surface area contributed by atoms with E-state index in [0.717, 1.165) is 18.2 Å². The maximum absolute atomic E-state index is 12.8. The van der Waals surface area contributed by atoms with Gasteiger partial charge in [0.25, 0.3) is 0 Å². The van der Waals surface area contributed by atoms with Crippen LogP contribution in [0.2, 0.25) is 0 Å². The highest BCUT2D eigenvalue weighted by atomic mass is 79.9. The molecule has 0 aromatic heterocycles. The zero-order chi connectivity index (χ0) is 9.31. The number of rotatable bonds is 3.